The number of nitrogens with one attached hydrogen (secondary N) is 2. The van der Waals surface area contributed by atoms with E-state index in [0.29, 0.717) is 24.5 Å². The number of amides is 1. The van der Waals surface area contributed by atoms with Crippen LogP contribution in [0.5, 0.6) is 0 Å². The molecule has 1 atom stereocenters. The highest BCUT2D eigenvalue weighted by Crippen LogP contribution is 2.06. The van der Waals surface area contributed by atoms with Crippen LogP contribution in [0.2, 0.25) is 0 Å². The third kappa shape index (κ3) is 5.01. The molecule has 0 bridgehead atoms. The molecule has 2 aromatic rings. The SMILES string of the molecule is Cc1nn(C[NH+](C)CC(=O)NC(C)C)c(=S)n1Cc1ccccc1. The van der Waals surface area contributed by atoms with Crippen LogP contribution in [0.15, 0.2) is 30.3 Å². The van der Waals surface area contributed by atoms with E-state index in [1.54, 1.807) is 4.68 Å². The van der Waals surface area contributed by atoms with Gasteiger partial charge >= 0.3 is 0 Å². The molecule has 2 rings (SSSR count). The zero-order valence-electron chi connectivity index (χ0n) is 14.7. The van der Waals surface area contributed by atoms with E-state index >= 15 is 0 Å². The molecule has 0 aliphatic carbocycles. The van der Waals surface area contributed by atoms with Gasteiger partial charge in [-0.3, -0.25) is 9.36 Å². The monoisotopic (exact) mass is 348 g/mol. The first kappa shape index (κ1) is 18.4. The van der Waals surface area contributed by atoms with E-state index in [4.69, 9.17) is 12.2 Å². The van der Waals surface area contributed by atoms with E-state index in [2.05, 4.69) is 22.5 Å². The lowest BCUT2D eigenvalue weighted by Gasteiger charge is -2.14. The Morgan fingerprint density at radius 1 is 1.33 bits per heavy atom. The van der Waals surface area contributed by atoms with Crippen molar-refractivity contribution in [2.45, 2.75) is 40.0 Å². The Labute approximate surface area is 148 Å². The highest BCUT2D eigenvalue weighted by atomic mass is 32.1. The van der Waals surface area contributed by atoms with E-state index in [1.165, 1.54) is 5.56 Å². The third-order valence-corrected chi connectivity index (χ3v) is 4.05. The third-order valence-electron chi connectivity index (χ3n) is 3.62. The van der Waals surface area contributed by atoms with Crippen molar-refractivity contribution in [3.8, 4) is 0 Å². The van der Waals surface area contributed by atoms with Crippen LogP contribution >= 0.6 is 12.2 Å². The molecule has 1 unspecified atom stereocenters. The molecule has 0 aliphatic rings. The number of nitrogens with zero attached hydrogens (tertiary/aromatic N) is 3. The number of likely N-dealkylation sites (N-methyl/N-ethyl adjacent to an activating group) is 1. The Morgan fingerprint density at radius 3 is 2.62 bits per heavy atom. The molecule has 1 amide bonds. The molecular formula is C17H26N5OS+. The molecule has 0 saturated carbocycles. The van der Waals surface area contributed by atoms with Crippen LogP contribution in [0, 0.1) is 11.7 Å². The molecule has 1 heterocycles. The number of benzene rings is 1. The summed E-state index contributed by atoms with van der Waals surface area (Å²) in [4.78, 5) is 12.9. The van der Waals surface area contributed by atoms with Crippen molar-refractivity contribution >= 4 is 18.1 Å². The van der Waals surface area contributed by atoms with Crippen molar-refractivity contribution < 1.29 is 9.69 Å². The van der Waals surface area contributed by atoms with Crippen LogP contribution in [-0.4, -0.2) is 39.9 Å². The maximum absolute atomic E-state index is 11.9. The number of aromatic nitrogens is 3. The van der Waals surface area contributed by atoms with Crippen molar-refractivity contribution in [1.82, 2.24) is 19.7 Å². The van der Waals surface area contributed by atoms with Crippen LogP contribution in [0.25, 0.3) is 0 Å². The van der Waals surface area contributed by atoms with Crippen LogP contribution in [0.4, 0.5) is 0 Å². The predicted molar refractivity (Wildman–Crippen MR) is 96.4 cm³/mol. The van der Waals surface area contributed by atoms with Gasteiger partial charge < -0.3 is 10.2 Å². The fourth-order valence-electron chi connectivity index (χ4n) is 2.56. The zero-order valence-corrected chi connectivity index (χ0v) is 15.6. The summed E-state index contributed by atoms with van der Waals surface area (Å²) in [6, 6.07) is 10.3. The quantitative estimate of drug-likeness (QED) is 0.727. The minimum Gasteiger partial charge on any atom is -0.349 e. The minimum absolute atomic E-state index is 0.0365. The Morgan fingerprint density at radius 2 is 2.00 bits per heavy atom. The van der Waals surface area contributed by atoms with E-state index in [9.17, 15) is 4.79 Å². The largest absolute Gasteiger partial charge is 0.349 e. The van der Waals surface area contributed by atoms with Crippen molar-refractivity contribution in [2.24, 2.45) is 0 Å². The second kappa shape index (κ2) is 8.21. The fourth-order valence-corrected chi connectivity index (χ4v) is 2.86. The number of aryl methyl sites for hydroxylation is 1. The summed E-state index contributed by atoms with van der Waals surface area (Å²) in [7, 11) is 1.97. The molecular weight excluding hydrogens is 322 g/mol. The van der Waals surface area contributed by atoms with Crippen molar-refractivity contribution in [1.29, 1.82) is 0 Å². The second-order valence-corrected chi connectivity index (χ2v) is 6.78. The molecule has 7 heteroatoms. The summed E-state index contributed by atoms with van der Waals surface area (Å²) in [6.07, 6.45) is 0. The number of rotatable bonds is 7. The predicted octanol–water partition coefficient (Wildman–Crippen LogP) is 0.768. The van der Waals surface area contributed by atoms with E-state index in [0.717, 1.165) is 10.7 Å². The summed E-state index contributed by atoms with van der Waals surface area (Å²) in [6.45, 7) is 7.53. The maximum Gasteiger partial charge on any atom is 0.275 e. The summed E-state index contributed by atoms with van der Waals surface area (Å²) in [5.74, 6) is 0.915. The van der Waals surface area contributed by atoms with Crippen LogP contribution in [0.1, 0.15) is 25.2 Å². The Bertz CT molecular complexity index is 735. The highest BCUT2D eigenvalue weighted by Gasteiger charge is 2.14. The van der Waals surface area contributed by atoms with Crippen LogP contribution in [0.3, 0.4) is 0 Å². The second-order valence-electron chi connectivity index (χ2n) is 6.42. The average Bonchev–Trinajstić information content (AvgIpc) is 2.75. The minimum atomic E-state index is 0.0365. The summed E-state index contributed by atoms with van der Waals surface area (Å²) < 4.78 is 4.50. The Kier molecular flexibility index (Phi) is 6.28. The normalized spacial score (nSPS) is 12.4. The molecule has 0 spiro atoms. The topological polar surface area (TPSA) is 56.3 Å². The van der Waals surface area contributed by atoms with E-state index < -0.39 is 0 Å². The molecule has 0 saturated heterocycles. The first-order valence-electron chi connectivity index (χ1n) is 8.15. The average molecular weight is 348 g/mol. The smallest absolute Gasteiger partial charge is 0.275 e. The van der Waals surface area contributed by atoms with Crippen LogP contribution < -0.4 is 10.2 Å². The van der Waals surface area contributed by atoms with Crippen LogP contribution in [-0.2, 0) is 18.0 Å². The van der Waals surface area contributed by atoms with Gasteiger partial charge in [0.05, 0.1) is 13.6 Å². The number of carbonyl (C=O) groups is 1. The van der Waals surface area contributed by atoms with E-state index in [-0.39, 0.29) is 11.9 Å². The van der Waals surface area contributed by atoms with Gasteiger partial charge in [-0.15, -0.1) is 0 Å². The van der Waals surface area contributed by atoms with Crippen molar-refractivity contribution in [3.05, 3.63) is 46.5 Å². The number of hydrogen-bond donors (Lipinski definition) is 2. The lowest BCUT2D eigenvalue weighted by molar-refractivity contribution is -0.895. The van der Waals surface area contributed by atoms with E-state index in [1.807, 2.05) is 50.6 Å². The van der Waals surface area contributed by atoms with Crippen molar-refractivity contribution in [3.63, 3.8) is 0 Å². The lowest BCUT2D eigenvalue weighted by atomic mass is 10.2. The van der Waals surface area contributed by atoms with Gasteiger partial charge in [-0.1, -0.05) is 30.3 Å². The van der Waals surface area contributed by atoms with Gasteiger partial charge in [-0.05, 0) is 38.6 Å². The van der Waals surface area contributed by atoms with Gasteiger partial charge in [-0.25, -0.2) is 0 Å². The molecule has 130 valence electrons. The lowest BCUT2D eigenvalue weighted by Crippen LogP contribution is -3.09. The van der Waals surface area contributed by atoms with Gasteiger partial charge in [0.25, 0.3) is 5.91 Å². The summed E-state index contributed by atoms with van der Waals surface area (Å²) in [5.41, 5.74) is 1.19. The summed E-state index contributed by atoms with van der Waals surface area (Å²) in [5, 5.41) is 7.44. The highest BCUT2D eigenvalue weighted by molar-refractivity contribution is 7.71. The van der Waals surface area contributed by atoms with Gasteiger partial charge in [0.2, 0.25) is 4.77 Å². The molecule has 1 aromatic heterocycles. The van der Waals surface area contributed by atoms with Gasteiger partial charge in [-0.2, -0.15) is 9.78 Å². The van der Waals surface area contributed by atoms with Gasteiger partial charge in [0, 0.05) is 6.04 Å². The molecule has 2 N–H and O–H groups in total. The molecule has 6 nitrogen and oxygen atoms in total. The Hall–Kier alpha value is -1.99. The first-order valence-corrected chi connectivity index (χ1v) is 8.56. The van der Waals surface area contributed by atoms with Crippen molar-refractivity contribution in [2.75, 3.05) is 13.6 Å². The number of quaternary nitrogens is 1. The number of carbonyl (C=O) groups excluding carboxylic acids is 1. The zero-order chi connectivity index (χ0) is 17.7. The standard InChI is InChI=1S/C17H25N5OS/c1-13(2)18-16(23)11-20(4)12-22-17(24)21(14(3)19-22)10-15-8-6-5-7-9-15/h5-9,13H,10-12H2,1-4H3,(H,18,23)/p+1. The fraction of sp³-hybridized carbons (Fsp3) is 0.471. The Balaban J connectivity index is 2.05. The number of hydrogen-bond acceptors (Lipinski definition) is 3. The molecule has 24 heavy (non-hydrogen) atoms. The maximum atomic E-state index is 11.9. The first-order chi connectivity index (χ1) is 11.4. The molecule has 1 aromatic carbocycles. The van der Waals surface area contributed by atoms with Gasteiger partial charge in [0.15, 0.2) is 13.2 Å². The molecule has 0 aliphatic heterocycles. The molecule has 0 radical (unpaired) electrons. The molecule has 0 fully saturated rings. The van der Waals surface area contributed by atoms with Gasteiger partial charge in [0.1, 0.15) is 5.82 Å². The summed E-state index contributed by atoms with van der Waals surface area (Å²) >= 11 is 5.56.